The van der Waals surface area contributed by atoms with Crippen LogP contribution in [-0.2, 0) is 7.05 Å². The standard InChI is InChI=1S/C15H17FN4/c1-19-15(20-10-9-13(16)11-20)17-14(18-19)8-7-12-5-3-2-4-6-12/h2-8,13H,9-11H2,1H3/b8-7+/t13-/m0/s1. The highest BCUT2D eigenvalue weighted by molar-refractivity contribution is 5.66. The van der Waals surface area contributed by atoms with Crippen LogP contribution >= 0.6 is 0 Å². The van der Waals surface area contributed by atoms with Crippen LogP contribution in [0.5, 0.6) is 0 Å². The zero-order valence-electron chi connectivity index (χ0n) is 11.4. The van der Waals surface area contributed by atoms with Gasteiger partial charge in [-0.25, -0.2) is 9.07 Å². The van der Waals surface area contributed by atoms with Gasteiger partial charge in [-0.3, -0.25) is 0 Å². The van der Waals surface area contributed by atoms with Gasteiger partial charge in [0, 0.05) is 13.6 Å². The summed E-state index contributed by atoms with van der Waals surface area (Å²) in [4.78, 5) is 6.41. The van der Waals surface area contributed by atoms with E-state index in [1.165, 1.54) is 0 Å². The molecule has 5 heteroatoms. The number of aryl methyl sites for hydroxylation is 1. The molecule has 1 aliphatic rings. The Bertz CT molecular complexity index is 606. The topological polar surface area (TPSA) is 34.0 Å². The van der Waals surface area contributed by atoms with Crippen molar-refractivity contribution in [3.63, 3.8) is 0 Å². The van der Waals surface area contributed by atoms with Crippen molar-refractivity contribution >= 4 is 18.1 Å². The summed E-state index contributed by atoms with van der Waals surface area (Å²) in [5, 5.41) is 4.35. The minimum atomic E-state index is -0.755. The molecule has 1 aromatic heterocycles. The summed E-state index contributed by atoms with van der Waals surface area (Å²) >= 11 is 0. The molecule has 0 unspecified atom stereocenters. The molecule has 3 rings (SSSR count). The third-order valence-corrected chi connectivity index (χ3v) is 3.39. The van der Waals surface area contributed by atoms with Gasteiger partial charge in [0.25, 0.3) is 0 Å². The fraction of sp³-hybridized carbons (Fsp3) is 0.333. The summed E-state index contributed by atoms with van der Waals surface area (Å²) in [6.07, 6.45) is 3.67. The molecule has 1 atom stereocenters. The molecule has 1 aromatic carbocycles. The van der Waals surface area contributed by atoms with E-state index in [1.54, 1.807) is 4.68 Å². The smallest absolute Gasteiger partial charge is 0.224 e. The van der Waals surface area contributed by atoms with Crippen LogP contribution in [0.4, 0.5) is 10.3 Å². The lowest BCUT2D eigenvalue weighted by Gasteiger charge is -2.14. The van der Waals surface area contributed by atoms with Crippen LogP contribution in [0.15, 0.2) is 30.3 Å². The number of halogens is 1. The minimum absolute atomic E-state index is 0.411. The Labute approximate surface area is 117 Å². The average Bonchev–Trinajstić information content (AvgIpc) is 3.04. The van der Waals surface area contributed by atoms with Crippen molar-refractivity contribution < 1.29 is 4.39 Å². The van der Waals surface area contributed by atoms with Crippen LogP contribution in [0.1, 0.15) is 17.8 Å². The highest BCUT2D eigenvalue weighted by atomic mass is 19.1. The number of aromatic nitrogens is 3. The third kappa shape index (κ3) is 2.71. The van der Waals surface area contributed by atoms with Crippen LogP contribution in [0.3, 0.4) is 0 Å². The minimum Gasteiger partial charge on any atom is -0.338 e. The van der Waals surface area contributed by atoms with E-state index in [2.05, 4.69) is 10.1 Å². The van der Waals surface area contributed by atoms with E-state index in [1.807, 2.05) is 54.4 Å². The molecule has 104 valence electrons. The summed E-state index contributed by atoms with van der Waals surface area (Å²) in [5.74, 6) is 1.38. The van der Waals surface area contributed by atoms with E-state index < -0.39 is 6.17 Å². The first-order valence-corrected chi connectivity index (χ1v) is 6.75. The molecule has 1 aliphatic heterocycles. The molecule has 1 saturated heterocycles. The van der Waals surface area contributed by atoms with Crippen LogP contribution in [0.2, 0.25) is 0 Å². The molecule has 0 aliphatic carbocycles. The largest absolute Gasteiger partial charge is 0.338 e. The Balaban J connectivity index is 1.77. The second-order valence-corrected chi connectivity index (χ2v) is 4.97. The summed E-state index contributed by atoms with van der Waals surface area (Å²) in [6, 6.07) is 10.0. The first-order chi connectivity index (χ1) is 9.72. The van der Waals surface area contributed by atoms with Gasteiger partial charge >= 0.3 is 0 Å². The van der Waals surface area contributed by atoms with Crippen LogP contribution in [-0.4, -0.2) is 34.0 Å². The van der Waals surface area contributed by atoms with Crippen molar-refractivity contribution in [2.24, 2.45) is 7.05 Å². The van der Waals surface area contributed by atoms with E-state index in [4.69, 9.17) is 0 Å². The fourth-order valence-electron chi connectivity index (χ4n) is 2.38. The van der Waals surface area contributed by atoms with E-state index in [-0.39, 0.29) is 0 Å². The van der Waals surface area contributed by atoms with Gasteiger partial charge in [-0.1, -0.05) is 36.4 Å². The molecule has 4 nitrogen and oxygen atoms in total. The zero-order valence-corrected chi connectivity index (χ0v) is 11.4. The predicted octanol–water partition coefficient (Wildman–Crippen LogP) is 2.53. The molecule has 20 heavy (non-hydrogen) atoms. The Morgan fingerprint density at radius 1 is 1.25 bits per heavy atom. The van der Waals surface area contributed by atoms with Crippen molar-refractivity contribution in [2.45, 2.75) is 12.6 Å². The van der Waals surface area contributed by atoms with Crippen LogP contribution in [0.25, 0.3) is 12.2 Å². The summed E-state index contributed by atoms with van der Waals surface area (Å²) in [6.45, 7) is 1.11. The van der Waals surface area contributed by atoms with Gasteiger partial charge in [-0.2, -0.15) is 10.1 Å². The van der Waals surface area contributed by atoms with Gasteiger partial charge in [-0.05, 0) is 18.1 Å². The van der Waals surface area contributed by atoms with Gasteiger partial charge in [0.2, 0.25) is 5.95 Å². The first kappa shape index (κ1) is 12.8. The molecule has 0 N–H and O–H groups in total. The molecule has 2 aromatic rings. The van der Waals surface area contributed by atoms with Crippen molar-refractivity contribution in [3.8, 4) is 0 Å². The number of alkyl halides is 1. The summed E-state index contributed by atoms with van der Waals surface area (Å²) < 4.78 is 15.0. The molecular weight excluding hydrogens is 255 g/mol. The number of rotatable bonds is 3. The molecule has 2 heterocycles. The second kappa shape index (κ2) is 5.45. The lowest BCUT2D eigenvalue weighted by molar-refractivity contribution is 0.364. The van der Waals surface area contributed by atoms with Crippen molar-refractivity contribution in [2.75, 3.05) is 18.0 Å². The normalized spacial score (nSPS) is 19.1. The number of nitrogens with zero attached hydrogens (tertiary/aromatic N) is 4. The average molecular weight is 272 g/mol. The molecule has 0 spiro atoms. The molecule has 0 bridgehead atoms. The van der Waals surface area contributed by atoms with Crippen LogP contribution in [0, 0.1) is 0 Å². The van der Waals surface area contributed by atoms with Crippen molar-refractivity contribution in [1.82, 2.24) is 14.8 Å². The lowest BCUT2D eigenvalue weighted by Crippen LogP contribution is -2.23. The van der Waals surface area contributed by atoms with E-state index in [0.717, 1.165) is 11.5 Å². The SMILES string of the molecule is Cn1nc(/C=C/c2ccccc2)nc1N1CC[C@H](F)C1. The third-order valence-electron chi connectivity index (χ3n) is 3.39. The maximum Gasteiger partial charge on any atom is 0.224 e. The molecule has 1 fully saturated rings. The van der Waals surface area contributed by atoms with Gasteiger partial charge in [0.1, 0.15) is 6.17 Å². The highest BCUT2D eigenvalue weighted by Gasteiger charge is 2.25. The molecular formula is C15H17FN4. The Kier molecular flexibility index (Phi) is 3.50. The molecule has 0 radical (unpaired) electrons. The fourth-order valence-corrected chi connectivity index (χ4v) is 2.38. The first-order valence-electron chi connectivity index (χ1n) is 6.75. The van der Waals surface area contributed by atoms with Gasteiger partial charge in [0.05, 0.1) is 6.54 Å². The second-order valence-electron chi connectivity index (χ2n) is 4.97. The quantitative estimate of drug-likeness (QED) is 0.861. The lowest BCUT2D eigenvalue weighted by atomic mass is 10.2. The Morgan fingerprint density at radius 3 is 2.75 bits per heavy atom. The van der Waals surface area contributed by atoms with E-state index in [9.17, 15) is 4.39 Å². The zero-order chi connectivity index (χ0) is 13.9. The summed E-state index contributed by atoms with van der Waals surface area (Å²) in [5.41, 5.74) is 1.10. The highest BCUT2D eigenvalue weighted by Crippen LogP contribution is 2.20. The van der Waals surface area contributed by atoms with Crippen molar-refractivity contribution in [3.05, 3.63) is 41.7 Å². The molecule has 0 amide bonds. The molecule has 0 saturated carbocycles. The Hall–Kier alpha value is -2.17. The Morgan fingerprint density at radius 2 is 2.05 bits per heavy atom. The monoisotopic (exact) mass is 272 g/mol. The number of hydrogen-bond acceptors (Lipinski definition) is 3. The van der Waals surface area contributed by atoms with Gasteiger partial charge in [-0.15, -0.1) is 0 Å². The van der Waals surface area contributed by atoms with Gasteiger partial charge < -0.3 is 4.90 Å². The van der Waals surface area contributed by atoms with Crippen molar-refractivity contribution in [1.29, 1.82) is 0 Å². The van der Waals surface area contributed by atoms with Gasteiger partial charge in [0.15, 0.2) is 5.82 Å². The maximum absolute atomic E-state index is 13.3. The predicted molar refractivity (Wildman–Crippen MR) is 78.1 cm³/mol. The van der Waals surface area contributed by atoms with Crippen LogP contribution < -0.4 is 4.90 Å². The number of benzene rings is 1. The summed E-state index contributed by atoms with van der Waals surface area (Å²) in [7, 11) is 1.84. The van der Waals surface area contributed by atoms with E-state index in [0.29, 0.717) is 25.3 Å². The number of hydrogen-bond donors (Lipinski definition) is 0. The number of anilines is 1. The van der Waals surface area contributed by atoms with E-state index >= 15 is 0 Å². The maximum atomic E-state index is 13.3.